The fraction of sp³-hybridized carbons (Fsp3) is 0.182. The number of hydrogen-bond donors (Lipinski definition) is 2. The Morgan fingerprint density at radius 1 is 1.48 bits per heavy atom. The summed E-state index contributed by atoms with van der Waals surface area (Å²) in [6.07, 6.45) is 2.86. The fourth-order valence-corrected chi connectivity index (χ4v) is 3.98. The van der Waals surface area contributed by atoms with Crippen molar-refractivity contribution in [3.63, 3.8) is 0 Å². The molecule has 0 fully saturated rings. The maximum atomic E-state index is 12.2. The molecule has 2 heterocycles. The molecule has 21 heavy (non-hydrogen) atoms. The number of nitrogens with one attached hydrogen (secondary N) is 2. The molecule has 2 aromatic heterocycles. The van der Waals surface area contributed by atoms with Gasteiger partial charge in [-0.2, -0.15) is 0 Å². The summed E-state index contributed by atoms with van der Waals surface area (Å²) >= 11 is 0.815. The van der Waals surface area contributed by atoms with Crippen molar-refractivity contribution >= 4 is 37.7 Å². The van der Waals surface area contributed by atoms with Gasteiger partial charge in [-0.05, 0) is 19.1 Å². The van der Waals surface area contributed by atoms with Crippen LogP contribution in [-0.4, -0.2) is 24.9 Å². The third-order valence-corrected chi connectivity index (χ3v) is 5.34. The highest BCUT2D eigenvalue weighted by Gasteiger charge is 2.26. The first-order valence-corrected chi connectivity index (χ1v) is 8.19. The molecule has 112 valence electrons. The van der Waals surface area contributed by atoms with E-state index < -0.39 is 14.9 Å². The number of nitrogens with zero attached hydrogens (tertiary/aromatic N) is 2. The minimum Gasteiger partial charge on any atom is -0.372 e. The lowest BCUT2D eigenvalue weighted by Gasteiger charge is -2.04. The van der Waals surface area contributed by atoms with E-state index in [1.165, 1.54) is 18.5 Å². The van der Waals surface area contributed by atoms with Crippen molar-refractivity contribution in [3.05, 3.63) is 40.7 Å². The van der Waals surface area contributed by atoms with E-state index in [0.29, 0.717) is 12.2 Å². The molecule has 2 aromatic rings. The molecular weight excluding hydrogens is 316 g/mol. The Hall–Kier alpha value is -2.20. The van der Waals surface area contributed by atoms with Crippen molar-refractivity contribution in [1.29, 1.82) is 0 Å². The number of thiophene rings is 1. The summed E-state index contributed by atoms with van der Waals surface area (Å²) in [5.74, 6) is 0. The standard InChI is InChI=1S/C11H12N4O4S2/c1-2-13-11-9(15(16)17)6-10(20-11)21(18,19)14-8-4-3-5-12-7-8/h3-7,13-14H,2H2,1H3. The van der Waals surface area contributed by atoms with Gasteiger partial charge in [-0.25, -0.2) is 8.42 Å². The number of hydrogen-bond acceptors (Lipinski definition) is 7. The van der Waals surface area contributed by atoms with E-state index in [4.69, 9.17) is 0 Å². The van der Waals surface area contributed by atoms with Gasteiger partial charge in [0.2, 0.25) is 0 Å². The summed E-state index contributed by atoms with van der Waals surface area (Å²) in [7, 11) is -3.88. The summed E-state index contributed by atoms with van der Waals surface area (Å²) in [5.41, 5.74) is 0.0342. The van der Waals surface area contributed by atoms with Gasteiger partial charge >= 0.3 is 5.69 Å². The molecule has 0 saturated heterocycles. The highest BCUT2D eigenvalue weighted by Crippen LogP contribution is 2.37. The molecule has 2 N–H and O–H groups in total. The number of rotatable bonds is 6. The predicted octanol–water partition coefficient (Wildman–Crippen LogP) is 2.28. The fourth-order valence-electron chi connectivity index (χ4n) is 1.54. The van der Waals surface area contributed by atoms with E-state index in [-0.39, 0.29) is 14.9 Å². The zero-order chi connectivity index (χ0) is 15.5. The lowest BCUT2D eigenvalue weighted by molar-refractivity contribution is -0.383. The molecule has 0 aliphatic carbocycles. The van der Waals surface area contributed by atoms with Crippen molar-refractivity contribution in [2.45, 2.75) is 11.1 Å². The summed E-state index contributed by atoms with van der Waals surface area (Å²) < 4.78 is 26.6. The molecule has 0 amide bonds. The molecular formula is C11H12N4O4S2. The lowest BCUT2D eigenvalue weighted by atomic mass is 10.4. The Bertz CT molecular complexity index is 743. The summed E-state index contributed by atoms with van der Waals surface area (Å²) in [6.45, 7) is 2.22. The molecule has 0 aromatic carbocycles. The second-order valence-electron chi connectivity index (χ2n) is 3.91. The van der Waals surface area contributed by atoms with Crippen LogP contribution in [0.3, 0.4) is 0 Å². The van der Waals surface area contributed by atoms with Crippen LogP contribution in [0.15, 0.2) is 34.8 Å². The van der Waals surface area contributed by atoms with Gasteiger partial charge in [-0.3, -0.25) is 19.8 Å². The summed E-state index contributed by atoms with van der Waals surface area (Å²) in [5, 5.41) is 13.9. The maximum Gasteiger partial charge on any atom is 0.304 e. The number of nitro groups is 1. The molecule has 0 unspecified atom stereocenters. The van der Waals surface area contributed by atoms with Gasteiger partial charge in [-0.15, -0.1) is 0 Å². The van der Waals surface area contributed by atoms with E-state index in [1.807, 2.05) is 0 Å². The van der Waals surface area contributed by atoms with Crippen LogP contribution in [0.4, 0.5) is 16.4 Å². The van der Waals surface area contributed by atoms with Gasteiger partial charge < -0.3 is 5.32 Å². The molecule has 0 bridgehead atoms. The molecule has 0 aliphatic heterocycles. The quantitative estimate of drug-likeness (QED) is 0.621. The molecule has 0 aliphatic rings. The van der Waals surface area contributed by atoms with Gasteiger partial charge in [0.1, 0.15) is 4.21 Å². The normalized spacial score (nSPS) is 11.1. The smallest absolute Gasteiger partial charge is 0.304 e. The topological polar surface area (TPSA) is 114 Å². The van der Waals surface area contributed by atoms with Crippen LogP contribution >= 0.6 is 11.3 Å². The van der Waals surface area contributed by atoms with E-state index in [0.717, 1.165) is 17.4 Å². The minimum absolute atomic E-state index is 0.131. The molecule has 8 nitrogen and oxygen atoms in total. The van der Waals surface area contributed by atoms with E-state index in [9.17, 15) is 18.5 Å². The first kappa shape index (κ1) is 15.2. The van der Waals surface area contributed by atoms with Gasteiger partial charge in [0.05, 0.1) is 16.8 Å². The number of anilines is 2. The van der Waals surface area contributed by atoms with Crippen molar-refractivity contribution in [2.24, 2.45) is 0 Å². The van der Waals surface area contributed by atoms with Crippen molar-refractivity contribution in [2.75, 3.05) is 16.6 Å². The zero-order valence-electron chi connectivity index (χ0n) is 10.9. The van der Waals surface area contributed by atoms with Gasteiger partial charge in [-0.1, -0.05) is 11.3 Å². The number of aromatic nitrogens is 1. The summed E-state index contributed by atoms with van der Waals surface area (Å²) in [4.78, 5) is 14.1. The Balaban J connectivity index is 2.36. The predicted molar refractivity (Wildman–Crippen MR) is 80.2 cm³/mol. The van der Waals surface area contributed by atoms with Crippen molar-refractivity contribution in [1.82, 2.24) is 4.98 Å². The van der Waals surface area contributed by atoms with Crippen LogP contribution in [-0.2, 0) is 10.0 Å². The van der Waals surface area contributed by atoms with Crippen LogP contribution in [0.1, 0.15) is 6.92 Å². The monoisotopic (exact) mass is 328 g/mol. The first-order valence-electron chi connectivity index (χ1n) is 5.89. The molecule has 0 atom stereocenters. The molecule has 0 saturated carbocycles. The van der Waals surface area contributed by atoms with Crippen LogP contribution in [0.2, 0.25) is 0 Å². The highest BCUT2D eigenvalue weighted by molar-refractivity contribution is 7.94. The minimum atomic E-state index is -3.88. The Morgan fingerprint density at radius 2 is 2.24 bits per heavy atom. The summed E-state index contributed by atoms with van der Waals surface area (Å²) in [6, 6.07) is 4.16. The second-order valence-corrected chi connectivity index (χ2v) is 6.88. The Morgan fingerprint density at radius 3 is 2.81 bits per heavy atom. The second kappa shape index (κ2) is 6.06. The average molecular weight is 328 g/mol. The van der Waals surface area contributed by atoms with Crippen LogP contribution in [0.5, 0.6) is 0 Å². The Kier molecular flexibility index (Phi) is 4.38. The zero-order valence-corrected chi connectivity index (χ0v) is 12.6. The number of sulfonamides is 1. The highest BCUT2D eigenvalue weighted by atomic mass is 32.2. The largest absolute Gasteiger partial charge is 0.372 e. The van der Waals surface area contributed by atoms with E-state index >= 15 is 0 Å². The van der Waals surface area contributed by atoms with Gasteiger partial charge in [0.25, 0.3) is 10.0 Å². The van der Waals surface area contributed by atoms with Gasteiger partial charge in [0.15, 0.2) is 5.00 Å². The molecule has 10 heteroatoms. The van der Waals surface area contributed by atoms with E-state index in [2.05, 4.69) is 15.0 Å². The lowest BCUT2D eigenvalue weighted by Crippen LogP contribution is -2.11. The third kappa shape index (κ3) is 3.47. The maximum absolute atomic E-state index is 12.2. The Labute approximate surface area is 125 Å². The third-order valence-electron chi connectivity index (χ3n) is 2.40. The van der Waals surface area contributed by atoms with Crippen LogP contribution < -0.4 is 10.0 Å². The van der Waals surface area contributed by atoms with Crippen LogP contribution in [0.25, 0.3) is 0 Å². The first-order chi connectivity index (χ1) is 9.94. The number of pyridine rings is 1. The van der Waals surface area contributed by atoms with E-state index in [1.54, 1.807) is 13.0 Å². The average Bonchev–Trinajstić information content (AvgIpc) is 2.85. The SMILES string of the molecule is CCNc1sc(S(=O)(=O)Nc2cccnc2)cc1[N+](=O)[O-]. The molecule has 2 rings (SSSR count). The van der Waals surface area contributed by atoms with Crippen LogP contribution in [0, 0.1) is 10.1 Å². The van der Waals surface area contributed by atoms with Crippen molar-refractivity contribution in [3.8, 4) is 0 Å². The van der Waals surface area contributed by atoms with Crippen molar-refractivity contribution < 1.29 is 13.3 Å². The molecule has 0 spiro atoms. The molecule has 0 radical (unpaired) electrons. The van der Waals surface area contributed by atoms with Gasteiger partial charge in [0, 0.05) is 18.8 Å².